The summed E-state index contributed by atoms with van der Waals surface area (Å²) in [6.45, 7) is 2.04. The van der Waals surface area contributed by atoms with Crippen LogP contribution in [-0.2, 0) is 0 Å². The van der Waals surface area contributed by atoms with Gasteiger partial charge in [0.05, 0.1) is 6.04 Å². The minimum atomic E-state index is -0.0343. The third kappa shape index (κ3) is 2.83. The maximum absolute atomic E-state index is 4.88. The summed E-state index contributed by atoms with van der Waals surface area (Å²) in [4.78, 5) is 4.25. The van der Waals surface area contributed by atoms with Crippen LogP contribution in [0.4, 0.5) is 5.82 Å². The third-order valence-electron chi connectivity index (χ3n) is 5.20. The maximum Gasteiger partial charge on any atom is 0.185 e. The first-order valence-corrected chi connectivity index (χ1v) is 9.23. The van der Waals surface area contributed by atoms with Crippen molar-refractivity contribution in [3.8, 4) is 11.4 Å². The van der Waals surface area contributed by atoms with Crippen LogP contribution < -0.4 is 5.32 Å². The molecule has 1 fully saturated rings. The van der Waals surface area contributed by atoms with Crippen molar-refractivity contribution in [1.82, 2.24) is 35.0 Å². The van der Waals surface area contributed by atoms with Crippen LogP contribution in [0.25, 0.3) is 17.0 Å². The van der Waals surface area contributed by atoms with E-state index in [1.54, 1.807) is 0 Å². The zero-order valence-corrected chi connectivity index (χ0v) is 15.0. The largest absolute Gasteiger partial charge is 0.359 e. The lowest BCUT2D eigenvalue weighted by molar-refractivity contribution is 0.419. The molecule has 0 aliphatic heterocycles. The number of fused-ring (bicyclic) bond motifs is 1. The minimum Gasteiger partial charge on any atom is -0.359 e. The molecule has 4 aromatic rings. The monoisotopic (exact) mass is 360 g/mol. The average molecular weight is 360 g/mol. The summed E-state index contributed by atoms with van der Waals surface area (Å²) in [5.41, 5.74) is 2.96. The molecule has 2 N–H and O–H groups in total. The van der Waals surface area contributed by atoms with E-state index in [1.807, 2.05) is 41.8 Å². The SMILES string of the molecule is CC(Nc1nn2c(-c3ccccc3)nnc2cc1C1CCC1)c1ncn[nH]1. The smallest absolute Gasteiger partial charge is 0.185 e. The number of anilines is 1. The second-order valence-electron chi connectivity index (χ2n) is 6.97. The lowest BCUT2D eigenvalue weighted by atomic mass is 9.80. The number of aromatic nitrogens is 7. The van der Waals surface area contributed by atoms with E-state index in [4.69, 9.17) is 5.10 Å². The molecule has 3 aromatic heterocycles. The van der Waals surface area contributed by atoms with E-state index in [1.165, 1.54) is 31.2 Å². The van der Waals surface area contributed by atoms with Crippen molar-refractivity contribution in [3.05, 3.63) is 54.1 Å². The topological polar surface area (TPSA) is 96.7 Å². The Morgan fingerprint density at radius 3 is 2.74 bits per heavy atom. The Bertz CT molecular complexity index is 1050. The van der Waals surface area contributed by atoms with Crippen LogP contribution in [0.3, 0.4) is 0 Å². The third-order valence-corrected chi connectivity index (χ3v) is 5.20. The van der Waals surface area contributed by atoms with E-state index < -0.39 is 0 Å². The highest BCUT2D eigenvalue weighted by Crippen LogP contribution is 2.40. The molecule has 1 aliphatic carbocycles. The molecule has 136 valence electrons. The quantitative estimate of drug-likeness (QED) is 0.566. The Labute approximate surface area is 156 Å². The minimum absolute atomic E-state index is 0.0343. The number of hydrogen-bond donors (Lipinski definition) is 2. The lowest BCUT2D eigenvalue weighted by Gasteiger charge is -2.28. The Morgan fingerprint density at radius 1 is 1.19 bits per heavy atom. The Kier molecular flexibility index (Phi) is 3.81. The summed E-state index contributed by atoms with van der Waals surface area (Å²) in [5, 5.41) is 24.0. The number of nitrogens with zero attached hydrogens (tertiary/aromatic N) is 6. The summed E-state index contributed by atoms with van der Waals surface area (Å²) in [7, 11) is 0. The molecule has 0 spiro atoms. The highest BCUT2D eigenvalue weighted by Gasteiger charge is 2.26. The van der Waals surface area contributed by atoms with Gasteiger partial charge in [-0.2, -0.15) is 9.61 Å². The Hall–Kier alpha value is -3.29. The highest BCUT2D eigenvalue weighted by atomic mass is 15.4. The predicted molar refractivity (Wildman–Crippen MR) is 101 cm³/mol. The molecule has 0 radical (unpaired) electrons. The molecule has 1 saturated carbocycles. The predicted octanol–water partition coefficient (Wildman–Crippen LogP) is 3.35. The molecule has 8 nitrogen and oxygen atoms in total. The van der Waals surface area contributed by atoms with Crippen molar-refractivity contribution >= 4 is 11.5 Å². The summed E-state index contributed by atoms with van der Waals surface area (Å²) in [6, 6.07) is 12.1. The van der Waals surface area contributed by atoms with Crippen molar-refractivity contribution in [3.63, 3.8) is 0 Å². The van der Waals surface area contributed by atoms with Crippen LogP contribution in [0.2, 0.25) is 0 Å². The van der Waals surface area contributed by atoms with E-state index in [-0.39, 0.29) is 6.04 Å². The van der Waals surface area contributed by atoms with Crippen molar-refractivity contribution in [2.24, 2.45) is 0 Å². The summed E-state index contributed by atoms with van der Waals surface area (Å²) in [6.07, 6.45) is 5.14. The fourth-order valence-corrected chi connectivity index (χ4v) is 3.45. The van der Waals surface area contributed by atoms with Gasteiger partial charge in [-0.1, -0.05) is 36.8 Å². The molecule has 1 aliphatic rings. The van der Waals surface area contributed by atoms with Gasteiger partial charge in [-0.25, -0.2) is 4.98 Å². The van der Waals surface area contributed by atoms with Gasteiger partial charge in [0.25, 0.3) is 0 Å². The number of H-pyrrole nitrogens is 1. The molecule has 0 saturated heterocycles. The zero-order valence-electron chi connectivity index (χ0n) is 15.0. The van der Waals surface area contributed by atoms with Gasteiger partial charge >= 0.3 is 0 Å². The highest BCUT2D eigenvalue weighted by molar-refractivity contribution is 5.61. The molecule has 5 rings (SSSR count). The van der Waals surface area contributed by atoms with Gasteiger partial charge in [0.15, 0.2) is 17.3 Å². The Balaban J connectivity index is 1.60. The van der Waals surface area contributed by atoms with Gasteiger partial charge in [0, 0.05) is 11.1 Å². The number of aromatic amines is 1. The van der Waals surface area contributed by atoms with Gasteiger partial charge < -0.3 is 5.32 Å². The number of rotatable bonds is 5. The molecular weight excluding hydrogens is 340 g/mol. The second-order valence-corrected chi connectivity index (χ2v) is 6.97. The number of hydrogen-bond acceptors (Lipinski definition) is 6. The second kappa shape index (κ2) is 6.46. The van der Waals surface area contributed by atoms with Crippen LogP contribution in [-0.4, -0.2) is 35.0 Å². The molecule has 0 amide bonds. The molecule has 1 aromatic carbocycles. The molecular formula is C19H20N8. The Morgan fingerprint density at radius 2 is 2.04 bits per heavy atom. The molecule has 0 bridgehead atoms. The van der Waals surface area contributed by atoms with E-state index in [9.17, 15) is 0 Å². The fraction of sp³-hybridized carbons (Fsp3) is 0.316. The summed E-state index contributed by atoms with van der Waals surface area (Å²) >= 11 is 0. The first-order chi connectivity index (χ1) is 13.3. The van der Waals surface area contributed by atoms with Crippen molar-refractivity contribution in [1.29, 1.82) is 0 Å². The maximum atomic E-state index is 4.88. The van der Waals surface area contributed by atoms with Crippen LogP contribution in [0.1, 0.15) is 49.5 Å². The number of nitrogens with one attached hydrogen (secondary N) is 2. The molecule has 1 unspecified atom stereocenters. The first kappa shape index (κ1) is 15.9. The van der Waals surface area contributed by atoms with Gasteiger partial charge in [-0.15, -0.1) is 15.3 Å². The van der Waals surface area contributed by atoms with Crippen molar-refractivity contribution in [2.75, 3.05) is 5.32 Å². The average Bonchev–Trinajstić information content (AvgIpc) is 3.31. The van der Waals surface area contributed by atoms with Crippen LogP contribution in [0, 0.1) is 0 Å². The van der Waals surface area contributed by atoms with Gasteiger partial charge in [0.2, 0.25) is 0 Å². The lowest BCUT2D eigenvalue weighted by Crippen LogP contribution is -2.17. The summed E-state index contributed by atoms with van der Waals surface area (Å²) in [5.74, 6) is 2.89. The number of benzene rings is 1. The zero-order chi connectivity index (χ0) is 18.2. The van der Waals surface area contributed by atoms with Gasteiger partial charge in [-0.05, 0) is 31.7 Å². The van der Waals surface area contributed by atoms with Gasteiger partial charge in [-0.3, -0.25) is 5.10 Å². The van der Waals surface area contributed by atoms with E-state index in [0.29, 0.717) is 5.92 Å². The normalized spacial score (nSPS) is 15.6. The first-order valence-electron chi connectivity index (χ1n) is 9.23. The van der Waals surface area contributed by atoms with Crippen molar-refractivity contribution in [2.45, 2.75) is 38.1 Å². The van der Waals surface area contributed by atoms with Crippen LogP contribution >= 0.6 is 0 Å². The van der Waals surface area contributed by atoms with Crippen LogP contribution in [0.5, 0.6) is 0 Å². The molecule has 1 atom stereocenters. The van der Waals surface area contributed by atoms with Gasteiger partial charge in [0.1, 0.15) is 12.2 Å². The molecule has 3 heterocycles. The molecule has 27 heavy (non-hydrogen) atoms. The fourth-order valence-electron chi connectivity index (χ4n) is 3.45. The van der Waals surface area contributed by atoms with Crippen LogP contribution in [0.15, 0.2) is 42.7 Å². The van der Waals surface area contributed by atoms with Crippen molar-refractivity contribution < 1.29 is 0 Å². The summed E-state index contributed by atoms with van der Waals surface area (Å²) < 4.78 is 1.81. The van der Waals surface area contributed by atoms with E-state index in [2.05, 4.69) is 36.8 Å². The standard InChI is InChI=1S/C19H20N8/c1-12(17-20-11-21-24-17)22-18-15(13-8-5-9-13)10-16-23-25-19(27(16)26-18)14-6-3-2-4-7-14/h2-4,6-7,10-13H,5,8-9H2,1H3,(H,22,26)(H,20,21,24). The van der Waals surface area contributed by atoms with E-state index >= 15 is 0 Å². The molecule has 8 heteroatoms. The van der Waals surface area contributed by atoms with E-state index in [0.717, 1.165) is 28.7 Å².